The van der Waals surface area contributed by atoms with E-state index < -0.39 is 0 Å². The van der Waals surface area contributed by atoms with Crippen LogP contribution in [0.25, 0.3) is 10.2 Å². The molecule has 0 N–H and O–H groups in total. The first kappa shape index (κ1) is 20.3. The Morgan fingerprint density at radius 2 is 2.07 bits per heavy atom. The number of halogens is 2. The van der Waals surface area contributed by atoms with Crippen LogP contribution in [0, 0.1) is 11.6 Å². The van der Waals surface area contributed by atoms with Gasteiger partial charge in [0.25, 0.3) is 0 Å². The zero-order chi connectivity index (χ0) is 20.2. The largest absolute Gasteiger partial charge is 0.376 e. The molecule has 1 aromatic heterocycles. The van der Waals surface area contributed by atoms with Gasteiger partial charge in [-0.3, -0.25) is 9.69 Å². The number of amides is 1. The van der Waals surface area contributed by atoms with E-state index in [-0.39, 0.29) is 23.6 Å². The number of ether oxygens (including phenoxy) is 1. The smallest absolute Gasteiger partial charge is 0.229 e. The van der Waals surface area contributed by atoms with Crippen molar-refractivity contribution in [3.05, 3.63) is 54.1 Å². The van der Waals surface area contributed by atoms with Gasteiger partial charge in [0.15, 0.2) is 5.13 Å². The molecular formula is C21H20F2N2O2S2. The first-order chi connectivity index (χ1) is 14.1. The molecule has 0 bridgehead atoms. The summed E-state index contributed by atoms with van der Waals surface area (Å²) in [6.07, 6.45) is 2.14. The minimum absolute atomic E-state index is 0.0273. The van der Waals surface area contributed by atoms with Gasteiger partial charge in [0, 0.05) is 23.7 Å². The van der Waals surface area contributed by atoms with Crippen LogP contribution < -0.4 is 4.90 Å². The summed E-state index contributed by atoms with van der Waals surface area (Å²) in [5.41, 5.74) is 0.290. The maximum Gasteiger partial charge on any atom is 0.229 e. The molecule has 1 saturated heterocycles. The van der Waals surface area contributed by atoms with Crippen LogP contribution in [0.2, 0.25) is 0 Å². The Labute approximate surface area is 175 Å². The SMILES string of the molecule is O=C(CCSc1ccc(F)cc1)N(CC1CCCO1)c1nc2c(F)cccc2s1. The van der Waals surface area contributed by atoms with Crippen LogP contribution in [0.5, 0.6) is 0 Å². The van der Waals surface area contributed by atoms with Gasteiger partial charge in [0.2, 0.25) is 5.91 Å². The second-order valence-corrected chi connectivity index (χ2v) is 8.95. The first-order valence-electron chi connectivity index (χ1n) is 9.45. The molecule has 3 aromatic rings. The molecule has 1 fully saturated rings. The number of para-hydroxylation sites is 1. The van der Waals surface area contributed by atoms with Gasteiger partial charge in [0.05, 0.1) is 17.3 Å². The number of fused-ring (bicyclic) bond motifs is 1. The zero-order valence-corrected chi connectivity index (χ0v) is 17.3. The second-order valence-electron chi connectivity index (χ2n) is 6.77. The molecule has 0 radical (unpaired) electrons. The number of hydrogen-bond acceptors (Lipinski definition) is 5. The average molecular weight is 435 g/mol. The molecule has 1 aliphatic rings. The highest BCUT2D eigenvalue weighted by atomic mass is 32.2. The number of nitrogens with zero attached hydrogens (tertiary/aromatic N) is 2. The molecule has 4 nitrogen and oxygen atoms in total. The Balaban J connectivity index is 1.48. The Morgan fingerprint density at radius 1 is 1.24 bits per heavy atom. The Kier molecular flexibility index (Phi) is 6.42. The van der Waals surface area contributed by atoms with Gasteiger partial charge in [-0.1, -0.05) is 17.4 Å². The van der Waals surface area contributed by atoms with Crippen molar-refractivity contribution < 1.29 is 18.3 Å². The predicted octanol–water partition coefficient (Wildman–Crippen LogP) is 5.27. The van der Waals surface area contributed by atoms with Crippen molar-refractivity contribution in [2.75, 3.05) is 23.8 Å². The molecule has 0 saturated carbocycles. The van der Waals surface area contributed by atoms with Crippen LogP contribution in [0.1, 0.15) is 19.3 Å². The lowest BCUT2D eigenvalue weighted by Gasteiger charge is -2.23. The summed E-state index contributed by atoms with van der Waals surface area (Å²) in [6, 6.07) is 11.0. The van der Waals surface area contributed by atoms with E-state index >= 15 is 0 Å². The third-order valence-electron chi connectivity index (χ3n) is 4.70. The molecule has 152 valence electrons. The van der Waals surface area contributed by atoms with Gasteiger partial charge in [0.1, 0.15) is 17.2 Å². The third-order valence-corrected chi connectivity index (χ3v) is 6.76. The number of rotatable bonds is 7. The van der Waals surface area contributed by atoms with E-state index in [0.717, 1.165) is 17.7 Å². The summed E-state index contributed by atoms with van der Waals surface area (Å²) in [6.45, 7) is 1.11. The lowest BCUT2D eigenvalue weighted by Crippen LogP contribution is -2.37. The van der Waals surface area contributed by atoms with Crippen LogP contribution in [-0.2, 0) is 9.53 Å². The third kappa shape index (κ3) is 4.94. The van der Waals surface area contributed by atoms with E-state index in [4.69, 9.17) is 4.74 Å². The fraction of sp³-hybridized carbons (Fsp3) is 0.333. The molecule has 1 unspecified atom stereocenters. The second kappa shape index (κ2) is 9.19. The van der Waals surface area contributed by atoms with Crippen molar-refractivity contribution in [1.82, 2.24) is 4.98 Å². The van der Waals surface area contributed by atoms with Crippen molar-refractivity contribution in [2.24, 2.45) is 0 Å². The zero-order valence-electron chi connectivity index (χ0n) is 15.6. The lowest BCUT2D eigenvalue weighted by molar-refractivity contribution is -0.118. The number of hydrogen-bond donors (Lipinski definition) is 0. The van der Waals surface area contributed by atoms with E-state index in [1.807, 2.05) is 0 Å². The number of thiazole rings is 1. The topological polar surface area (TPSA) is 42.4 Å². The van der Waals surface area contributed by atoms with Crippen molar-refractivity contribution in [2.45, 2.75) is 30.3 Å². The maximum atomic E-state index is 14.1. The average Bonchev–Trinajstić information content (AvgIpc) is 3.37. The number of aromatic nitrogens is 1. The summed E-state index contributed by atoms with van der Waals surface area (Å²) >= 11 is 2.81. The number of carbonyl (C=O) groups excluding carboxylic acids is 1. The summed E-state index contributed by atoms with van der Waals surface area (Å²) in [4.78, 5) is 19.9. The summed E-state index contributed by atoms with van der Waals surface area (Å²) in [5, 5.41) is 0.498. The minimum Gasteiger partial charge on any atom is -0.376 e. The maximum absolute atomic E-state index is 14.1. The first-order valence-corrected chi connectivity index (χ1v) is 11.3. The van der Waals surface area contributed by atoms with Gasteiger partial charge >= 0.3 is 0 Å². The van der Waals surface area contributed by atoms with E-state index in [0.29, 0.717) is 40.7 Å². The lowest BCUT2D eigenvalue weighted by atomic mass is 10.2. The molecule has 2 heterocycles. The van der Waals surface area contributed by atoms with Crippen LogP contribution in [0.15, 0.2) is 47.4 Å². The Hall–Kier alpha value is -2.03. The molecule has 29 heavy (non-hydrogen) atoms. The van der Waals surface area contributed by atoms with E-state index in [2.05, 4.69) is 4.98 Å². The van der Waals surface area contributed by atoms with Crippen molar-refractivity contribution in [3.8, 4) is 0 Å². The van der Waals surface area contributed by atoms with Crippen molar-refractivity contribution in [1.29, 1.82) is 0 Å². The normalized spacial score (nSPS) is 16.4. The van der Waals surface area contributed by atoms with Crippen molar-refractivity contribution in [3.63, 3.8) is 0 Å². The molecule has 2 aromatic carbocycles. The highest BCUT2D eigenvalue weighted by Gasteiger charge is 2.26. The van der Waals surface area contributed by atoms with Gasteiger partial charge in [-0.05, 0) is 49.2 Å². The highest BCUT2D eigenvalue weighted by molar-refractivity contribution is 7.99. The van der Waals surface area contributed by atoms with Gasteiger partial charge in [-0.25, -0.2) is 13.8 Å². The fourth-order valence-electron chi connectivity index (χ4n) is 3.22. The van der Waals surface area contributed by atoms with E-state index in [1.165, 1.54) is 41.3 Å². The van der Waals surface area contributed by atoms with Gasteiger partial charge in [-0.15, -0.1) is 11.8 Å². The van der Waals surface area contributed by atoms with E-state index in [9.17, 15) is 13.6 Å². The summed E-state index contributed by atoms with van der Waals surface area (Å²) in [7, 11) is 0. The molecular weight excluding hydrogens is 414 g/mol. The Bertz CT molecular complexity index is 988. The molecule has 0 spiro atoms. The number of benzene rings is 2. The molecule has 0 aliphatic carbocycles. The standard InChI is InChI=1S/C21H20F2N2O2S2/c22-14-6-8-16(9-7-14)28-12-10-19(26)25(13-15-3-2-11-27-15)21-24-20-17(23)4-1-5-18(20)29-21/h1,4-9,15H,2-3,10-13H2. The minimum atomic E-state index is -0.388. The van der Waals surface area contributed by atoms with Crippen LogP contribution in [-0.4, -0.2) is 35.9 Å². The quantitative estimate of drug-likeness (QED) is 0.475. The Morgan fingerprint density at radius 3 is 2.79 bits per heavy atom. The monoisotopic (exact) mass is 434 g/mol. The number of anilines is 1. The molecule has 1 amide bonds. The van der Waals surface area contributed by atoms with Gasteiger partial charge < -0.3 is 4.74 Å². The predicted molar refractivity (Wildman–Crippen MR) is 113 cm³/mol. The number of carbonyl (C=O) groups is 1. The molecule has 1 aliphatic heterocycles. The molecule has 1 atom stereocenters. The van der Waals surface area contributed by atoms with Crippen LogP contribution in [0.3, 0.4) is 0 Å². The summed E-state index contributed by atoms with van der Waals surface area (Å²) in [5.74, 6) is -0.182. The van der Waals surface area contributed by atoms with Crippen molar-refractivity contribution >= 4 is 44.4 Å². The molecule has 8 heteroatoms. The highest BCUT2D eigenvalue weighted by Crippen LogP contribution is 2.32. The fourth-order valence-corrected chi connectivity index (χ4v) is 5.07. The van der Waals surface area contributed by atoms with E-state index in [1.54, 1.807) is 29.2 Å². The van der Waals surface area contributed by atoms with Crippen LogP contribution in [0.4, 0.5) is 13.9 Å². The summed E-state index contributed by atoms with van der Waals surface area (Å²) < 4.78 is 33.5. The molecule has 4 rings (SSSR count). The van der Waals surface area contributed by atoms with Crippen LogP contribution >= 0.6 is 23.1 Å². The van der Waals surface area contributed by atoms with Gasteiger partial charge in [-0.2, -0.15) is 0 Å². The number of thioether (sulfide) groups is 1.